The van der Waals surface area contributed by atoms with E-state index >= 15 is 0 Å². The SMILES string of the molecule is COCCNc1cc(Nc2ccc(C(=O)N3CCOCC3)c3c2OCCO3)nc2[nH]cc(C#N)c12. The summed E-state index contributed by atoms with van der Waals surface area (Å²) < 4.78 is 22.3. The van der Waals surface area contributed by atoms with Gasteiger partial charge in [0.05, 0.1) is 47.7 Å². The molecule has 5 rings (SSSR count). The van der Waals surface area contributed by atoms with Gasteiger partial charge in [0.2, 0.25) is 0 Å². The van der Waals surface area contributed by atoms with Crippen molar-refractivity contribution in [2.75, 3.05) is 70.4 Å². The molecule has 3 aromatic rings. The van der Waals surface area contributed by atoms with Gasteiger partial charge in [-0.3, -0.25) is 4.79 Å². The van der Waals surface area contributed by atoms with Crippen LogP contribution >= 0.6 is 0 Å². The predicted octanol–water partition coefficient (Wildman–Crippen LogP) is 2.48. The quantitative estimate of drug-likeness (QED) is 0.438. The van der Waals surface area contributed by atoms with Crippen LogP contribution in [0.25, 0.3) is 11.0 Å². The van der Waals surface area contributed by atoms with Crippen molar-refractivity contribution in [3.8, 4) is 17.6 Å². The van der Waals surface area contributed by atoms with Gasteiger partial charge in [0.1, 0.15) is 30.7 Å². The lowest BCUT2D eigenvalue weighted by Gasteiger charge is -2.29. The number of pyridine rings is 1. The van der Waals surface area contributed by atoms with E-state index in [-0.39, 0.29) is 5.91 Å². The fourth-order valence-corrected chi connectivity index (χ4v) is 4.19. The minimum atomic E-state index is -0.110. The van der Waals surface area contributed by atoms with Crippen molar-refractivity contribution in [1.29, 1.82) is 5.26 Å². The van der Waals surface area contributed by atoms with Crippen LogP contribution in [0.4, 0.5) is 17.2 Å². The molecule has 0 radical (unpaired) electrons. The van der Waals surface area contributed by atoms with Gasteiger partial charge >= 0.3 is 0 Å². The molecular formula is C24H26N6O5. The molecule has 2 aliphatic heterocycles. The maximum Gasteiger partial charge on any atom is 0.257 e. The molecule has 3 N–H and O–H groups in total. The number of nitriles is 1. The summed E-state index contributed by atoms with van der Waals surface area (Å²) in [6.07, 6.45) is 1.63. The highest BCUT2D eigenvalue weighted by Crippen LogP contribution is 2.42. The van der Waals surface area contributed by atoms with Gasteiger partial charge in [-0.1, -0.05) is 0 Å². The third-order valence-corrected chi connectivity index (χ3v) is 5.86. The predicted molar refractivity (Wildman–Crippen MR) is 129 cm³/mol. The number of ether oxygens (including phenoxy) is 4. The summed E-state index contributed by atoms with van der Waals surface area (Å²) in [5.41, 5.74) is 2.90. The molecule has 1 aromatic carbocycles. The second-order valence-corrected chi connectivity index (χ2v) is 8.06. The lowest BCUT2D eigenvalue weighted by atomic mass is 10.1. The van der Waals surface area contributed by atoms with Gasteiger partial charge in [-0.2, -0.15) is 5.26 Å². The number of benzene rings is 1. The average molecular weight is 479 g/mol. The number of nitrogens with one attached hydrogen (secondary N) is 3. The van der Waals surface area contributed by atoms with E-state index in [0.29, 0.717) is 97.8 Å². The van der Waals surface area contributed by atoms with Crippen LogP contribution in [-0.4, -0.2) is 80.6 Å². The first kappa shape index (κ1) is 22.8. The van der Waals surface area contributed by atoms with Crippen LogP contribution in [-0.2, 0) is 9.47 Å². The fourth-order valence-electron chi connectivity index (χ4n) is 4.19. The molecule has 2 aromatic heterocycles. The molecule has 0 bridgehead atoms. The number of carbonyl (C=O) groups excluding carboxylic acids is 1. The van der Waals surface area contributed by atoms with Gasteiger partial charge in [0.25, 0.3) is 5.91 Å². The lowest BCUT2D eigenvalue weighted by Crippen LogP contribution is -2.41. The summed E-state index contributed by atoms with van der Waals surface area (Å²) in [5, 5.41) is 16.8. The summed E-state index contributed by atoms with van der Waals surface area (Å²) in [5.74, 6) is 1.31. The monoisotopic (exact) mass is 478 g/mol. The molecule has 0 spiro atoms. The number of hydrogen-bond donors (Lipinski definition) is 3. The van der Waals surface area contributed by atoms with E-state index in [9.17, 15) is 10.1 Å². The van der Waals surface area contributed by atoms with Crippen LogP contribution < -0.4 is 20.1 Å². The van der Waals surface area contributed by atoms with Crippen LogP contribution in [0.15, 0.2) is 24.4 Å². The Balaban J connectivity index is 1.48. The highest BCUT2D eigenvalue weighted by Gasteiger charge is 2.28. The average Bonchev–Trinajstić information content (AvgIpc) is 3.32. The van der Waals surface area contributed by atoms with E-state index in [2.05, 4.69) is 26.7 Å². The van der Waals surface area contributed by atoms with Crippen molar-refractivity contribution >= 4 is 34.1 Å². The number of rotatable bonds is 7. The van der Waals surface area contributed by atoms with Crippen LogP contribution in [0.2, 0.25) is 0 Å². The van der Waals surface area contributed by atoms with Crippen molar-refractivity contribution in [1.82, 2.24) is 14.9 Å². The van der Waals surface area contributed by atoms with E-state index in [1.807, 2.05) is 6.07 Å². The number of carbonyl (C=O) groups is 1. The standard InChI is InChI=1S/C24H26N6O5/c1-32-7-4-26-18-12-19(29-23-20(18)15(13-25)14-27-23)28-17-3-2-16(21-22(17)35-11-10-34-21)24(31)30-5-8-33-9-6-30/h2-3,12,14H,4-11H2,1H3,(H3,26,27,28,29). The van der Waals surface area contributed by atoms with E-state index < -0.39 is 0 Å². The van der Waals surface area contributed by atoms with Crippen LogP contribution in [0.3, 0.4) is 0 Å². The Morgan fingerprint density at radius 3 is 2.77 bits per heavy atom. The van der Waals surface area contributed by atoms with Crippen LogP contribution in [0.1, 0.15) is 15.9 Å². The Labute approximate surface area is 201 Å². The molecular weight excluding hydrogens is 452 g/mol. The lowest BCUT2D eigenvalue weighted by molar-refractivity contribution is 0.0298. The molecule has 11 nitrogen and oxygen atoms in total. The fraction of sp³-hybridized carbons (Fsp3) is 0.375. The zero-order chi connectivity index (χ0) is 24.2. The first-order chi connectivity index (χ1) is 17.2. The number of amides is 1. The molecule has 0 unspecified atom stereocenters. The largest absolute Gasteiger partial charge is 0.485 e. The highest BCUT2D eigenvalue weighted by molar-refractivity contribution is 6.00. The maximum atomic E-state index is 13.1. The van der Waals surface area contributed by atoms with Crippen molar-refractivity contribution in [3.63, 3.8) is 0 Å². The number of methoxy groups -OCH3 is 1. The topological polar surface area (TPSA) is 134 Å². The Bertz CT molecular complexity index is 1280. The zero-order valence-corrected chi connectivity index (χ0v) is 19.3. The van der Waals surface area contributed by atoms with Gasteiger partial charge in [0, 0.05) is 39.0 Å². The summed E-state index contributed by atoms with van der Waals surface area (Å²) in [6.45, 7) is 3.92. The third-order valence-electron chi connectivity index (χ3n) is 5.86. The molecule has 11 heteroatoms. The van der Waals surface area contributed by atoms with Gasteiger partial charge in [-0.25, -0.2) is 4.98 Å². The van der Waals surface area contributed by atoms with Crippen molar-refractivity contribution in [2.24, 2.45) is 0 Å². The van der Waals surface area contributed by atoms with Gasteiger partial charge in [-0.15, -0.1) is 0 Å². The minimum Gasteiger partial charge on any atom is -0.485 e. The maximum absolute atomic E-state index is 13.1. The van der Waals surface area contributed by atoms with Gasteiger partial charge in [-0.05, 0) is 12.1 Å². The van der Waals surface area contributed by atoms with E-state index in [0.717, 1.165) is 5.69 Å². The van der Waals surface area contributed by atoms with Gasteiger partial charge < -0.3 is 39.5 Å². The number of hydrogen-bond acceptors (Lipinski definition) is 9. The molecule has 35 heavy (non-hydrogen) atoms. The van der Waals surface area contributed by atoms with Crippen molar-refractivity contribution < 1.29 is 23.7 Å². The smallest absolute Gasteiger partial charge is 0.257 e. The number of aromatic amines is 1. The molecule has 1 fully saturated rings. The van der Waals surface area contributed by atoms with Crippen LogP contribution in [0, 0.1) is 11.3 Å². The molecule has 0 atom stereocenters. The number of H-pyrrole nitrogens is 1. The zero-order valence-electron chi connectivity index (χ0n) is 19.3. The third kappa shape index (κ3) is 4.53. The molecule has 1 saturated heterocycles. The van der Waals surface area contributed by atoms with Gasteiger partial charge in [0.15, 0.2) is 11.5 Å². The van der Waals surface area contributed by atoms with Crippen LogP contribution in [0.5, 0.6) is 11.5 Å². The second kappa shape index (κ2) is 10.1. The number of nitrogens with zero attached hydrogens (tertiary/aromatic N) is 3. The van der Waals surface area contributed by atoms with Crippen molar-refractivity contribution in [2.45, 2.75) is 0 Å². The van der Waals surface area contributed by atoms with Crippen molar-refractivity contribution in [3.05, 3.63) is 35.5 Å². The summed E-state index contributed by atoms with van der Waals surface area (Å²) in [7, 11) is 1.63. The Kier molecular flexibility index (Phi) is 6.56. The summed E-state index contributed by atoms with van der Waals surface area (Å²) in [6, 6.07) is 7.55. The number of anilines is 3. The first-order valence-corrected chi connectivity index (χ1v) is 11.4. The Morgan fingerprint density at radius 1 is 1.20 bits per heavy atom. The summed E-state index contributed by atoms with van der Waals surface area (Å²) >= 11 is 0. The molecule has 182 valence electrons. The number of fused-ring (bicyclic) bond motifs is 2. The van der Waals surface area contributed by atoms with E-state index in [1.165, 1.54) is 0 Å². The molecule has 4 heterocycles. The Morgan fingerprint density at radius 2 is 2.00 bits per heavy atom. The van der Waals surface area contributed by atoms with E-state index in [4.69, 9.17) is 18.9 Å². The first-order valence-electron chi connectivity index (χ1n) is 11.4. The highest BCUT2D eigenvalue weighted by atomic mass is 16.6. The summed E-state index contributed by atoms with van der Waals surface area (Å²) in [4.78, 5) is 22.6. The molecule has 1 amide bonds. The molecule has 2 aliphatic rings. The molecule has 0 aliphatic carbocycles. The Hall–Kier alpha value is -4.01. The normalized spacial score (nSPS) is 15.0. The second-order valence-electron chi connectivity index (χ2n) is 8.06. The number of aromatic nitrogens is 2. The van der Waals surface area contributed by atoms with E-state index in [1.54, 1.807) is 30.3 Å². The number of morpholine rings is 1. The molecule has 0 saturated carbocycles. The minimum absolute atomic E-state index is 0.110.